The van der Waals surface area contributed by atoms with E-state index in [2.05, 4.69) is 15.0 Å². The average molecular weight is 554 g/mol. The van der Waals surface area contributed by atoms with Gasteiger partial charge < -0.3 is 9.47 Å². The van der Waals surface area contributed by atoms with E-state index in [0.29, 0.717) is 10.6 Å². The van der Waals surface area contributed by atoms with Crippen LogP contribution < -0.4 is 21.7 Å². The molecular formula is C27H25ClFN5O5. The Morgan fingerprint density at radius 1 is 1.10 bits per heavy atom. The quantitative estimate of drug-likeness (QED) is 0.331. The zero-order valence-electron chi connectivity index (χ0n) is 21.4. The van der Waals surface area contributed by atoms with Crippen LogP contribution in [-0.4, -0.2) is 32.2 Å². The van der Waals surface area contributed by atoms with Gasteiger partial charge >= 0.3 is 17.3 Å². The number of aromatic amines is 1. The Kier molecular flexibility index (Phi) is 8.10. The SMILES string of the molecule is COC(=O)C(C)(C)Cn1c(=O)[nH]/c(=N\c2ccc(Oc3ccccn3)c(F)c2)n(Cc2ccc(Cl)cc2)c1=O. The van der Waals surface area contributed by atoms with Crippen LogP contribution in [0.5, 0.6) is 11.6 Å². The van der Waals surface area contributed by atoms with Crippen molar-refractivity contribution in [2.75, 3.05) is 7.11 Å². The molecule has 0 unspecified atom stereocenters. The minimum atomic E-state index is -1.17. The topological polar surface area (TPSA) is 121 Å². The fourth-order valence-corrected chi connectivity index (χ4v) is 3.84. The van der Waals surface area contributed by atoms with Gasteiger partial charge in [-0.05, 0) is 49.7 Å². The van der Waals surface area contributed by atoms with E-state index >= 15 is 0 Å². The van der Waals surface area contributed by atoms with Gasteiger partial charge in [-0.2, -0.15) is 0 Å². The van der Waals surface area contributed by atoms with E-state index in [0.717, 1.165) is 10.6 Å². The molecule has 0 bridgehead atoms. The molecule has 0 fully saturated rings. The van der Waals surface area contributed by atoms with Crippen LogP contribution >= 0.6 is 11.6 Å². The highest BCUT2D eigenvalue weighted by molar-refractivity contribution is 6.30. The highest BCUT2D eigenvalue weighted by Gasteiger charge is 2.31. The molecule has 0 aliphatic rings. The van der Waals surface area contributed by atoms with Gasteiger partial charge in [0.1, 0.15) is 0 Å². The molecular weight excluding hydrogens is 529 g/mol. The average Bonchev–Trinajstić information content (AvgIpc) is 2.91. The van der Waals surface area contributed by atoms with Gasteiger partial charge in [0.15, 0.2) is 11.6 Å². The molecule has 1 N–H and O–H groups in total. The number of rotatable bonds is 8. The molecule has 0 amide bonds. The van der Waals surface area contributed by atoms with Gasteiger partial charge in [0.05, 0.1) is 24.8 Å². The van der Waals surface area contributed by atoms with Crippen molar-refractivity contribution in [1.82, 2.24) is 19.1 Å². The van der Waals surface area contributed by atoms with Crippen molar-refractivity contribution in [1.29, 1.82) is 0 Å². The minimum Gasteiger partial charge on any atom is -0.469 e. The summed E-state index contributed by atoms with van der Waals surface area (Å²) in [5.41, 5.74) is -2.00. The van der Waals surface area contributed by atoms with E-state index in [1.165, 1.54) is 30.0 Å². The fraction of sp³-hybridized carbons (Fsp3) is 0.222. The standard InChI is InChI=1S/C27H25ClFN5O5/c1-27(2,23(35)38-3)16-34-25(36)32-24(33(26(34)37)15-17-7-9-18(28)10-8-17)31-19-11-12-21(20(29)14-19)39-22-6-4-5-13-30-22/h4-14H,15-16H2,1-3H3,(H,31,32,36). The number of nitrogens with one attached hydrogen (secondary N) is 1. The largest absolute Gasteiger partial charge is 0.469 e. The summed E-state index contributed by atoms with van der Waals surface area (Å²) in [5.74, 6) is -1.17. The van der Waals surface area contributed by atoms with Crippen molar-refractivity contribution in [2.24, 2.45) is 10.4 Å². The summed E-state index contributed by atoms with van der Waals surface area (Å²) in [4.78, 5) is 49.7. The summed E-state index contributed by atoms with van der Waals surface area (Å²) < 4.78 is 27.2. The molecule has 0 saturated carbocycles. The number of H-pyrrole nitrogens is 1. The Morgan fingerprint density at radius 2 is 1.85 bits per heavy atom. The Bertz CT molecular complexity index is 1680. The monoisotopic (exact) mass is 553 g/mol. The molecule has 0 spiro atoms. The van der Waals surface area contributed by atoms with Crippen molar-refractivity contribution in [2.45, 2.75) is 26.9 Å². The van der Waals surface area contributed by atoms with Gasteiger partial charge in [0.2, 0.25) is 11.5 Å². The summed E-state index contributed by atoms with van der Waals surface area (Å²) in [6.45, 7) is 2.88. The van der Waals surface area contributed by atoms with Crippen molar-refractivity contribution in [3.8, 4) is 11.6 Å². The first-order valence-corrected chi connectivity index (χ1v) is 12.2. The Morgan fingerprint density at radius 3 is 2.49 bits per heavy atom. The fourth-order valence-electron chi connectivity index (χ4n) is 3.72. The van der Waals surface area contributed by atoms with E-state index in [9.17, 15) is 18.8 Å². The van der Waals surface area contributed by atoms with Crippen LogP contribution in [0.1, 0.15) is 19.4 Å². The molecule has 0 aliphatic carbocycles. The Hall–Kier alpha value is -4.51. The second-order valence-electron chi connectivity index (χ2n) is 9.21. The maximum atomic E-state index is 14.8. The predicted molar refractivity (Wildman–Crippen MR) is 142 cm³/mol. The van der Waals surface area contributed by atoms with E-state index in [-0.39, 0.29) is 36.0 Å². The number of pyridine rings is 1. The number of carbonyl (C=O) groups excluding carboxylic acids is 1. The molecule has 0 radical (unpaired) electrons. The molecule has 39 heavy (non-hydrogen) atoms. The third-order valence-electron chi connectivity index (χ3n) is 5.73. The van der Waals surface area contributed by atoms with Gasteiger partial charge in [-0.15, -0.1) is 0 Å². The van der Waals surface area contributed by atoms with Crippen molar-refractivity contribution < 1.29 is 18.7 Å². The van der Waals surface area contributed by atoms with Crippen LogP contribution in [0.3, 0.4) is 0 Å². The number of ether oxygens (including phenoxy) is 2. The number of hydrogen-bond acceptors (Lipinski definition) is 7. The van der Waals surface area contributed by atoms with E-state index in [1.54, 1.807) is 56.3 Å². The highest BCUT2D eigenvalue weighted by atomic mass is 35.5. The summed E-state index contributed by atoms with van der Waals surface area (Å²) in [7, 11) is 1.23. The molecule has 4 rings (SSSR count). The summed E-state index contributed by atoms with van der Waals surface area (Å²) in [6.07, 6.45) is 1.52. The first-order valence-electron chi connectivity index (χ1n) is 11.8. The molecule has 12 heteroatoms. The van der Waals surface area contributed by atoms with Crippen LogP contribution in [0.15, 0.2) is 81.4 Å². The Balaban J connectivity index is 1.80. The predicted octanol–water partition coefficient (Wildman–Crippen LogP) is 3.80. The van der Waals surface area contributed by atoms with E-state index < -0.39 is 28.6 Å². The van der Waals surface area contributed by atoms with Crippen molar-refractivity contribution in [3.63, 3.8) is 0 Å². The molecule has 4 aromatic rings. The molecule has 10 nitrogen and oxygen atoms in total. The van der Waals surface area contributed by atoms with Crippen LogP contribution in [0.4, 0.5) is 10.1 Å². The molecule has 0 saturated heterocycles. The number of esters is 1. The van der Waals surface area contributed by atoms with Crippen molar-refractivity contribution in [3.05, 3.63) is 110 Å². The molecule has 0 atom stereocenters. The van der Waals surface area contributed by atoms with Gasteiger partial charge in [-0.25, -0.2) is 28.5 Å². The highest BCUT2D eigenvalue weighted by Crippen LogP contribution is 2.26. The third-order valence-corrected chi connectivity index (χ3v) is 5.98. The molecule has 2 heterocycles. The number of carbonyl (C=O) groups is 1. The van der Waals surface area contributed by atoms with Crippen molar-refractivity contribution >= 4 is 23.3 Å². The zero-order valence-corrected chi connectivity index (χ0v) is 22.1. The number of benzene rings is 2. The lowest BCUT2D eigenvalue weighted by atomic mass is 9.94. The zero-order chi connectivity index (χ0) is 28.2. The minimum absolute atomic E-state index is 0.00756. The van der Waals surface area contributed by atoms with Gasteiger partial charge in [-0.3, -0.25) is 14.3 Å². The van der Waals surface area contributed by atoms with Crippen LogP contribution in [0, 0.1) is 11.2 Å². The summed E-state index contributed by atoms with van der Waals surface area (Å²) >= 11 is 5.99. The first-order chi connectivity index (χ1) is 18.6. The molecule has 2 aromatic heterocycles. The molecule has 2 aromatic carbocycles. The van der Waals surface area contributed by atoms with E-state index in [1.807, 2.05) is 0 Å². The number of hydrogen-bond donors (Lipinski definition) is 1. The number of methoxy groups -OCH3 is 1. The lowest BCUT2D eigenvalue weighted by Crippen LogP contribution is -2.52. The summed E-state index contributed by atoms with van der Waals surface area (Å²) in [6, 6.07) is 15.7. The Labute approximate surface area is 227 Å². The second-order valence-corrected chi connectivity index (χ2v) is 9.64. The van der Waals surface area contributed by atoms with Crippen LogP contribution in [-0.2, 0) is 22.6 Å². The number of nitrogens with zero attached hydrogens (tertiary/aromatic N) is 4. The second kappa shape index (κ2) is 11.5. The lowest BCUT2D eigenvalue weighted by molar-refractivity contribution is -0.151. The smallest absolute Gasteiger partial charge is 0.335 e. The maximum absolute atomic E-state index is 14.8. The third kappa shape index (κ3) is 6.50. The van der Waals surface area contributed by atoms with Gasteiger partial charge in [-0.1, -0.05) is 29.8 Å². The molecule has 202 valence electrons. The first kappa shape index (κ1) is 27.5. The van der Waals surface area contributed by atoms with Gasteiger partial charge in [0.25, 0.3) is 0 Å². The lowest BCUT2D eigenvalue weighted by Gasteiger charge is -2.22. The van der Waals surface area contributed by atoms with Gasteiger partial charge in [0, 0.05) is 29.9 Å². The number of halogens is 2. The maximum Gasteiger partial charge on any atom is 0.335 e. The van der Waals surface area contributed by atoms with E-state index in [4.69, 9.17) is 21.1 Å². The molecule has 0 aliphatic heterocycles. The van der Waals surface area contributed by atoms with Crippen LogP contribution in [0.2, 0.25) is 5.02 Å². The summed E-state index contributed by atoms with van der Waals surface area (Å²) in [5, 5.41) is 0.510. The van der Waals surface area contributed by atoms with Crippen LogP contribution in [0.25, 0.3) is 0 Å². The number of aromatic nitrogens is 4. The normalized spacial score (nSPS) is 11.9.